The van der Waals surface area contributed by atoms with Gasteiger partial charge in [0.2, 0.25) is 0 Å². The van der Waals surface area contributed by atoms with Crippen molar-refractivity contribution in [1.29, 1.82) is 0 Å². The van der Waals surface area contributed by atoms with Crippen molar-refractivity contribution in [1.82, 2.24) is 0 Å². The molecule has 0 aromatic heterocycles. The van der Waals surface area contributed by atoms with Crippen molar-refractivity contribution in [2.45, 2.75) is 13.2 Å². The Bertz CT molecular complexity index is 296. The van der Waals surface area contributed by atoms with E-state index in [0.29, 0.717) is 0 Å². The standard InChI is InChI=1S/C8H8F3NO.ClH/c9-7-2-1-6(13-8(10)11)3-5(7)4-12;/h1-3,8H,4,12H2;1H. The van der Waals surface area contributed by atoms with Crippen LogP contribution in [0, 0.1) is 5.82 Å². The van der Waals surface area contributed by atoms with Gasteiger partial charge >= 0.3 is 6.61 Å². The van der Waals surface area contributed by atoms with Crippen LogP contribution in [0.5, 0.6) is 5.75 Å². The van der Waals surface area contributed by atoms with Gasteiger partial charge in [0.15, 0.2) is 0 Å². The molecule has 0 radical (unpaired) electrons. The fraction of sp³-hybridized carbons (Fsp3) is 0.250. The quantitative estimate of drug-likeness (QED) is 0.860. The number of benzene rings is 1. The van der Waals surface area contributed by atoms with Gasteiger partial charge in [0.1, 0.15) is 11.6 Å². The summed E-state index contributed by atoms with van der Waals surface area (Å²) in [6, 6.07) is 3.32. The Morgan fingerprint density at radius 1 is 1.36 bits per heavy atom. The van der Waals surface area contributed by atoms with Crippen LogP contribution in [0.2, 0.25) is 0 Å². The number of rotatable bonds is 3. The second-order valence-corrected chi connectivity index (χ2v) is 2.34. The molecule has 0 amide bonds. The molecule has 2 N–H and O–H groups in total. The van der Waals surface area contributed by atoms with E-state index in [-0.39, 0.29) is 30.3 Å². The van der Waals surface area contributed by atoms with Crippen molar-refractivity contribution in [3.05, 3.63) is 29.6 Å². The minimum absolute atomic E-state index is 0. The Labute approximate surface area is 85.3 Å². The van der Waals surface area contributed by atoms with Gasteiger partial charge in [-0.25, -0.2) is 4.39 Å². The average Bonchev–Trinajstić information content (AvgIpc) is 2.07. The molecular weight excluding hydrogens is 219 g/mol. The third kappa shape index (κ3) is 3.43. The van der Waals surface area contributed by atoms with Crippen LogP contribution in [0.15, 0.2) is 18.2 Å². The maximum atomic E-state index is 12.8. The van der Waals surface area contributed by atoms with Crippen LogP contribution in [0.1, 0.15) is 5.56 Å². The van der Waals surface area contributed by atoms with Gasteiger partial charge in [-0.3, -0.25) is 0 Å². The molecule has 0 unspecified atom stereocenters. The van der Waals surface area contributed by atoms with Crippen LogP contribution in [0.3, 0.4) is 0 Å². The van der Waals surface area contributed by atoms with E-state index in [2.05, 4.69) is 4.74 Å². The largest absolute Gasteiger partial charge is 0.435 e. The molecule has 0 saturated carbocycles. The molecule has 14 heavy (non-hydrogen) atoms. The predicted molar refractivity (Wildman–Crippen MR) is 48.2 cm³/mol. The monoisotopic (exact) mass is 227 g/mol. The van der Waals surface area contributed by atoms with E-state index in [0.717, 1.165) is 18.2 Å². The lowest BCUT2D eigenvalue weighted by molar-refractivity contribution is -0.0499. The topological polar surface area (TPSA) is 35.2 Å². The van der Waals surface area contributed by atoms with Gasteiger partial charge in [-0.05, 0) is 18.2 Å². The first-order chi connectivity index (χ1) is 6.13. The van der Waals surface area contributed by atoms with Crippen molar-refractivity contribution in [2.75, 3.05) is 0 Å². The summed E-state index contributed by atoms with van der Waals surface area (Å²) in [5.74, 6) is -0.610. The number of hydrogen-bond donors (Lipinski definition) is 1. The summed E-state index contributed by atoms with van der Waals surface area (Å²) in [6.45, 7) is -2.96. The van der Waals surface area contributed by atoms with Gasteiger partial charge in [0.05, 0.1) is 0 Å². The highest BCUT2D eigenvalue weighted by atomic mass is 35.5. The SMILES string of the molecule is Cl.NCc1cc(OC(F)F)ccc1F. The minimum Gasteiger partial charge on any atom is -0.435 e. The number of ether oxygens (including phenoxy) is 1. The van der Waals surface area contributed by atoms with Crippen LogP contribution >= 0.6 is 12.4 Å². The van der Waals surface area contributed by atoms with Gasteiger partial charge in [-0.1, -0.05) is 0 Å². The van der Waals surface area contributed by atoms with Crippen molar-refractivity contribution in [3.63, 3.8) is 0 Å². The Balaban J connectivity index is 0.00000169. The highest BCUT2D eigenvalue weighted by Gasteiger charge is 2.06. The highest BCUT2D eigenvalue weighted by Crippen LogP contribution is 2.18. The molecule has 0 heterocycles. The first kappa shape index (κ1) is 13.1. The Kier molecular flexibility index (Phi) is 5.34. The fourth-order valence-corrected chi connectivity index (χ4v) is 0.884. The Hall–Kier alpha value is -0.940. The summed E-state index contributed by atoms with van der Waals surface area (Å²) < 4.78 is 40.3. The first-order valence-electron chi connectivity index (χ1n) is 3.57. The zero-order valence-electron chi connectivity index (χ0n) is 7.04. The molecular formula is C8H9ClF3NO. The molecule has 0 aliphatic heterocycles. The van der Waals surface area contributed by atoms with Gasteiger partial charge in [0, 0.05) is 12.1 Å². The van der Waals surface area contributed by atoms with Crippen molar-refractivity contribution < 1.29 is 17.9 Å². The third-order valence-electron chi connectivity index (χ3n) is 1.46. The molecule has 1 rings (SSSR count). The lowest BCUT2D eigenvalue weighted by Gasteiger charge is -2.06. The molecule has 0 saturated heterocycles. The van der Waals surface area contributed by atoms with Crippen molar-refractivity contribution in [2.24, 2.45) is 5.73 Å². The molecule has 0 fully saturated rings. The number of halogens is 4. The zero-order chi connectivity index (χ0) is 9.84. The van der Waals surface area contributed by atoms with E-state index < -0.39 is 12.4 Å². The van der Waals surface area contributed by atoms with Crippen LogP contribution in [-0.4, -0.2) is 6.61 Å². The normalized spacial score (nSPS) is 9.79. The molecule has 6 heteroatoms. The van der Waals surface area contributed by atoms with Crippen molar-refractivity contribution >= 4 is 12.4 Å². The molecule has 0 aliphatic carbocycles. The van der Waals surface area contributed by atoms with Crippen LogP contribution in [0.4, 0.5) is 13.2 Å². The van der Waals surface area contributed by atoms with Crippen LogP contribution in [0.25, 0.3) is 0 Å². The summed E-state index contributed by atoms with van der Waals surface area (Å²) in [5, 5.41) is 0. The molecule has 0 spiro atoms. The summed E-state index contributed by atoms with van der Waals surface area (Å²) >= 11 is 0. The van der Waals surface area contributed by atoms with Crippen molar-refractivity contribution in [3.8, 4) is 5.75 Å². The second kappa shape index (κ2) is 5.72. The van der Waals surface area contributed by atoms with Gasteiger partial charge < -0.3 is 10.5 Å². The van der Waals surface area contributed by atoms with E-state index >= 15 is 0 Å². The van der Waals surface area contributed by atoms with Gasteiger partial charge in [0.25, 0.3) is 0 Å². The molecule has 1 aromatic carbocycles. The van der Waals surface area contributed by atoms with E-state index in [4.69, 9.17) is 5.73 Å². The maximum Gasteiger partial charge on any atom is 0.387 e. The lowest BCUT2D eigenvalue weighted by Crippen LogP contribution is -2.04. The minimum atomic E-state index is -2.91. The third-order valence-corrected chi connectivity index (χ3v) is 1.46. The number of nitrogens with two attached hydrogens (primary N) is 1. The molecule has 0 aliphatic rings. The molecule has 0 atom stereocenters. The molecule has 80 valence electrons. The smallest absolute Gasteiger partial charge is 0.387 e. The van der Waals surface area contributed by atoms with E-state index in [1.54, 1.807) is 0 Å². The fourth-order valence-electron chi connectivity index (χ4n) is 0.884. The highest BCUT2D eigenvalue weighted by molar-refractivity contribution is 5.85. The number of hydrogen-bond acceptors (Lipinski definition) is 2. The summed E-state index contributed by atoms with van der Waals surface area (Å²) in [6.07, 6.45) is 0. The van der Waals surface area contributed by atoms with Crippen LogP contribution < -0.4 is 10.5 Å². The maximum absolute atomic E-state index is 12.8. The lowest BCUT2D eigenvalue weighted by atomic mass is 10.2. The summed E-state index contributed by atoms with van der Waals surface area (Å²) in [7, 11) is 0. The average molecular weight is 228 g/mol. The number of alkyl halides is 2. The predicted octanol–water partition coefficient (Wildman–Crippen LogP) is 2.31. The van der Waals surface area contributed by atoms with E-state index in [1.807, 2.05) is 0 Å². The molecule has 2 nitrogen and oxygen atoms in total. The molecule has 0 bridgehead atoms. The van der Waals surface area contributed by atoms with E-state index in [1.165, 1.54) is 0 Å². The van der Waals surface area contributed by atoms with Gasteiger partial charge in [-0.15, -0.1) is 12.4 Å². The summed E-state index contributed by atoms with van der Waals surface area (Å²) in [4.78, 5) is 0. The Morgan fingerprint density at radius 2 is 2.00 bits per heavy atom. The van der Waals surface area contributed by atoms with E-state index in [9.17, 15) is 13.2 Å². The summed E-state index contributed by atoms with van der Waals surface area (Å²) in [5.41, 5.74) is 5.32. The molecule has 1 aromatic rings. The Morgan fingerprint density at radius 3 is 2.50 bits per heavy atom. The van der Waals surface area contributed by atoms with Gasteiger partial charge in [-0.2, -0.15) is 8.78 Å². The first-order valence-corrected chi connectivity index (χ1v) is 3.57. The zero-order valence-corrected chi connectivity index (χ0v) is 7.86. The second-order valence-electron chi connectivity index (χ2n) is 2.34. The van der Waals surface area contributed by atoms with Crippen LogP contribution in [-0.2, 0) is 6.54 Å².